The molecule has 2 fully saturated rings. The van der Waals surface area contributed by atoms with Gasteiger partial charge in [0.1, 0.15) is 27.9 Å². The van der Waals surface area contributed by atoms with E-state index in [4.69, 9.17) is 19.4 Å². The van der Waals surface area contributed by atoms with Gasteiger partial charge in [-0.25, -0.2) is 4.98 Å². The number of aromatic nitrogens is 3. The lowest BCUT2D eigenvalue weighted by Gasteiger charge is -2.37. The van der Waals surface area contributed by atoms with Crippen LogP contribution in [0.4, 0.5) is 17.5 Å². The summed E-state index contributed by atoms with van der Waals surface area (Å²) in [5, 5.41) is 7.70. The number of methoxy groups -OCH3 is 2. The monoisotopic (exact) mass is 547 g/mol. The third kappa shape index (κ3) is 5.24. The number of hydrogen-bond acceptors (Lipinski definition) is 10. The molecule has 2 aliphatic rings. The van der Waals surface area contributed by atoms with Crippen molar-refractivity contribution < 1.29 is 9.47 Å². The molecule has 204 valence electrons. The van der Waals surface area contributed by atoms with Crippen LogP contribution in [0.3, 0.4) is 0 Å². The number of piperazine rings is 1. The molecule has 2 aromatic heterocycles. The minimum absolute atomic E-state index is 0.179. The Morgan fingerprint density at radius 2 is 1.85 bits per heavy atom. The fourth-order valence-electron chi connectivity index (χ4n) is 5.26. The molecule has 11 heteroatoms. The first kappa shape index (κ1) is 25.4. The number of benzene rings is 2. The molecular formula is C28H33N7O3S. The second kappa shape index (κ2) is 11.1. The van der Waals surface area contributed by atoms with Crippen molar-refractivity contribution in [3.05, 3.63) is 52.8 Å². The Balaban J connectivity index is 1.29. The Morgan fingerprint density at radius 1 is 1.03 bits per heavy atom. The molecule has 6 rings (SSSR count). The molecule has 0 saturated carbocycles. The lowest BCUT2D eigenvalue weighted by atomic mass is 10.1. The largest absolute Gasteiger partial charge is 0.497 e. The van der Waals surface area contributed by atoms with E-state index >= 15 is 0 Å². The van der Waals surface area contributed by atoms with Gasteiger partial charge in [-0.05, 0) is 43.7 Å². The van der Waals surface area contributed by atoms with E-state index in [0.717, 1.165) is 66.4 Å². The number of aromatic amines is 1. The Hall–Kier alpha value is -3.83. The highest BCUT2D eigenvalue weighted by Crippen LogP contribution is 2.35. The number of H-pyrrole nitrogens is 1. The van der Waals surface area contributed by atoms with Gasteiger partial charge in [0.05, 0.1) is 30.1 Å². The van der Waals surface area contributed by atoms with Gasteiger partial charge >= 0.3 is 0 Å². The Bertz CT molecular complexity index is 1470. The van der Waals surface area contributed by atoms with Crippen LogP contribution in [0.1, 0.15) is 12.8 Å². The maximum Gasteiger partial charge on any atom is 0.264 e. The van der Waals surface area contributed by atoms with Crippen molar-refractivity contribution in [3.8, 4) is 22.1 Å². The van der Waals surface area contributed by atoms with E-state index in [1.165, 1.54) is 11.3 Å². The lowest BCUT2D eigenvalue weighted by molar-refractivity contribution is 0.402. The van der Waals surface area contributed by atoms with E-state index in [1.54, 1.807) is 14.2 Å². The van der Waals surface area contributed by atoms with Crippen molar-refractivity contribution in [3.63, 3.8) is 0 Å². The van der Waals surface area contributed by atoms with Crippen molar-refractivity contribution in [2.75, 3.05) is 68.6 Å². The second-order valence-corrected chi connectivity index (χ2v) is 10.8. The van der Waals surface area contributed by atoms with Crippen LogP contribution in [-0.2, 0) is 0 Å². The summed E-state index contributed by atoms with van der Waals surface area (Å²) < 4.78 is 12.1. The average Bonchev–Trinajstić information content (AvgIpc) is 3.41. The Labute approximate surface area is 231 Å². The SMILES string of the molecule is COc1ccc(OC)c(N2CCN(c3nc(NC4CCCNC4)c(-c4nc5ccccc5s4)c(=O)[nH]3)CC2)c1. The maximum absolute atomic E-state index is 13.6. The van der Waals surface area contributed by atoms with Gasteiger partial charge in [0.2, 0.25) is 5.95 Å². The van der Waals surface area contributed by atoms with Gasteiger partial charge in [-0.2, -0.15) is 4.98 Å². The molecule has 10 nitrogen and oxygen atoms in total. The first-order chi connectivity index (χ1) is 19.1. The predicted molar refractivity (Wildman–Crippen MR) is 157 cm³/mol. The van der Waals surface area contributed by atoms with Crippen LogP contribution in [0.2, 0.25) is 0 Å². The summed E-state index contributed by atoms with van der Waals surface area (Å²) in [7, 11) is 3.35. The number of nitrogens with one attached hydrogen (secondary N) is 3. The quantitative estimate of drug-likeness (QED) is 0.320. The molecule has 0 amide bonds. The normalized spacial score (nSPS) is 17.8. The van der Waals surface area contributed by atoms with E-state index in [2.05, 4.69) is 25.4 Å². The van der Waals surface area contributed by atoms with E-state index in [1.807, 2.05) is 42.5 Å². The van der Waals surface area contributed by atoms with E-state index in [9.17, 15) is 4.79 Å². The van der Waals surface area contributed by atoms with Crippen LogP contribution >= 0.6 is 11.3 Å². The maximum atomic E-state index is 13.6. The van der Waals surface area contributed by atoms with Gasteiger partial charge in [-0.1, -0.05) is 12.1 Å². The molecule has 1 unspecified atom stereocenters. The van der Waals surface area contributed by atoms with Crippen molar-refractivity contribution >= 4 is 39.0 Å². The molecule has 2 aliphatic heterocycles. The van der Waals surface area contributed by atoms with Crippen LogP contribution in [0.15, 0.2) is 47.3 Å². The predicted octanol–water partition coefficient (Wildman–Crippen LogP) is 3.55. The molecule has 0 spiro atoms. The zero-order valence-electron chi connectivity index (χ0n) is 22.2. The van der Waals surface area contributed by atoms with Crippen molar-refractivity contribution in [1.82, 2.24) is 20.3 Å². The number of hydrogen-bond donors (Lipinski definition) is 3. The number of para-hydroxylation sites is 1. The van der Waals surface area contributed by atoms with Crippen molar-refractivity contribution in [1.29, 1.82) is 0 Å². The molecule has 2 saturated heterocycles. The number of fused-ring (bicyclic) bond motifs is 1. The minimum atomic E-state index is -0.179. The summed E-state index contributed by atoms with van der Waals surface area (Å²) in [6.07, 6.45) is 2.11. The number of thiazole rings is 1. The molecule has 3 N–H and O–H groups in total. The van der Waals surface area contributed by atoms with Gasteiger partial charge in [-0.15, -0.1) is 11.3 Å². The highest BCUT2D eigenvalue weighted by molar-refractivity contribution is 7.21. The summed E-state index contributed by atoms with van der Waals surface area (Å²) in [6.45, 7) is 4.76. The molecule has 4 heterocycles. The van der Waals surface area contributed by atoms with Crippen molar-refractivity contribution in [2.45, 2.75) is 18.9 Å². The molecule has 0 radical (unpaired) electrons. The first-order valence-electron chi connectivity index (χ1n) is 13.3. The van der Waals surface area contributed by atoms with Crippen LogP contribution < -0.4 is 35.5 Å². The molecular weight excluding hydrogens is 514 g/mol. The summed E-state index contributed by atoms with van der Waals surface area (Å²) in [4.78, 5) is 30.9. The summed E-state index contributed by atoms with van der Waals surface area (Å²) in [6, 6.07) is 14.0. The summed E-state index contributed by atoms with van der Waals surface area (Å²) in [5.41, 5.74) is 2.21. The van der Waals surface area contributed by atoms with Gasteiger partial charge in [0.15, 0.2) is 0 Å². The molecule has 1 atom stereocenters. The van der Waals surface area contributed by atoms with Gasteiger partial charge in [0.25, 0.3) is 5.56 Å². The number of piperidine rings is 1. The van der Waals surface area contributed by atoms with Crippen LogP contribution in [-0.4, -0.2) is 74.5 Å². The van der Waals surface area contributed by atoms with Gasteiger partial charge in [0, 0.05) is 44.8 Å². The average molecular weight is 548 g/mol. The van der Waals surface area contributed by atoms with E-state index in [0.29, 0.717) is 35.4 Å². The minimum Gasteiger partial charge on any atom is -0.497 e. The van der Waals surface area contributed by atoms with E-state index in [-0.39, 0.29) is 11.6 Å². The van der Waals surface area contributed by atoms with Gasteiger partial charge < -0.3 is 29.9 Å². The highest BCUT2D eigenvalue weighted by atomic mass is 32.1. The topological polar surface area (TPSA) is 108 Å². The smallest absolute Gasteiger partial charge is 0.264 e. The lowest BCUT2D eigenvalue weighted by Crippen LogP contribution is -2.47. The highest BCUT2D eigenvalue weighted by Gasteiger charge is 2.26. The third-order valence-corrected chi connectivity index (χ3v) is 8.41. The Morgan fingerprint density at radius 3 is 2.59 bits per heavy atom. The Kier molecular flexibility index (Phi) is 7.25. The fraction of sp³-hybridized carbons (Fsp3) is 0.393. The van der Waals surface area contributed by atoms with Crippen LogP contribution in [0.5, 0.6) is 11.5 Å². The van der Waals surface area contributed by atoms with Gasteiger partial charge in [-0.3, -0.25) is 9.78 Å². The van der Waals surface area contributed by atoms with Crippen LogP contribution in [0, 0.1) is 0 Å². The molecule has 0 aliphatic carbocycles. The fourth-order valence-corrected chi connectivity index (χ4v) is 6.27. The molecule has 0 bridgehead atoms. The van der Waals surface area contributed by atoms with E-state index < -0.39 is 0 Å². The summed E-state index contributed by atoms with van der Waals surface area (Å²) in [5.74, 6) is 2.77. The molecule has 2 aromatic carbocycles. The summed E-state index contributed by atoms with van der Waals surface area (Å²) >= 11 is 1.52. The zero-order valence-corrected chi connectivity index (χ0v) is 23.0. The number of rotatable bonds is 7. The standard InChI is InChI=1S/C28H33N7O3S/c1-37-19-9-10-22(38-2)21(16-19)34-12-14-35(15-13-34)28-32-25(30-18-6-5-11-29-17-18)24(26(36)33-28)27-31-20-7-3-4-8-23(20)39-27/h3-4,7-10,16,18,29H,5-6,11-15,17H2,1-2H3,(H2,30,32,33,36). The van der Waals surface area contributed by atoms with Crippen LogP contribution in [0.25, 0.3) is 20.8 Å². The first-order valence-corrected chi connectivity index (χ1v) is 14.1. The molecule has 39 heavy (non-hydrogen) atoms. The molecule has 4 aromatic rings. The number of nitrogens with zero attached hydrogens (tertiary/aromatic N) is 4. The second-order valence-electron chi connectivity index (χ2n) is 9.80. The zero-order chi connectivity index (χ0) is 26.8. The third-order valence-electron chi connectivity index (χ3n) is 7.36. The number of ether oxygens (including phenoxy) is 2. The van der Waals surface area contributed by atoms with Crippen molar-refractivity contribution in [2.24, 2.45) is 0 Å². The number of anilines is 3.